The van der Waals surface area contributed by atoms with Crippen molar-refractivity contribution in [3.63, 3.8) is 0 Å². The summed E-state index contributed by atoms with van der Waals surface area (Å²) in [6, 6.07) is 6.94. The van der Waals surface area contributed by atoms with Crippen molar-refractivity contribution in [1.82, 2.24) is 4.98 Å². The second-order valence-corrected chi connectivity index (χ2v) is 7.84. The predicted octanol–water partition coefficient (Wildman–Crippen LogP) is 4.75. The topological polar surface area (TPSA) is 85.7 Å². The number of aromatic nitrogens is 1. The standard InChI is InChI=1S/C21H24ClNO5/c1-11-15(13-7-9-14(22)10-8-13)16(12(2)23-17(11)19(24)25)18(20(26)27-6)28-21(3,4)5/h7-10,18H,1-6H3,(H,24,25). The number of carboxylic acid groups (broad SMARTS) is 1. The van der Waals surface area contributed by atoms with Crippen LogP contribution in [0.4, 0.5) is 0 Å². The van der Waals surface area contributed by atoms with Gasteiger partial charge in [-0.05, 0) is 63.4 Å². The lowest BCUT2D eigenvalue weighted by Gasteiger charge is -2.29. The van der Waals surface area contributed by atoms with Crippen LogP contribution < -0.4 is 0 Å². The monoisotopic (exact) mass is 405 g/mol. The third kappa shape index (κ3) is 4.69. The van der Waals surface area contributed by atoms with Gasteiger partial charge in [0.05, 0.1) is 12.7 Å². The first-order valence-corrected chi connectivity index (χ1v) is 9.10. The predicted molar refractivity (Wildman–Crippen MR) is 107 cm³/mol. The molecule has 0 aliphatic heterocycles. The van der Waals surface area contributed by atoms with E-state index in [0.29, 0.717) is 33.0 Å². The minimum Gasteiger partial charge on any atom is -0.477 e. The molecule has 0 saturated carbocycles. The maximum Gasteiger partial charge on any atom is 0.354 e. The molecule has 0 bridgehead atoms. The van der Waals surface area contributed by atoms with E-state index in [2.05, 4.69) is 4.98 Å². The second kappa shape index (κ2) is 8.29. The lowest BCUT2D eigenvalue weighted by atomic mass is 9.90. The van der Waals surface area contributed by atoms with Crippen molar-refractivity contribution in [2.45, 2.75) is 46.3 Å². The molecule has 1 heterocycles. The molecule has 2 rings (SSSR count). The fourth-order valence-electron chi connectivity index (χ4n) is 3.02. The molecule has 1 aromatic carbocycles. The number of nitrogens with zero attached hydrogens (tertiary/aromatic N) is 1. The molecule has 0 radical (unpaired) electrons. The van der Waals surface area contributed by atoms with Crippen LogP contribution in [0.1, 0.15) is 54.2 Å². The summed E-state index contributed by atoms with van der Waals surface area (Å²) in [5.41, 5.74) is 1.84. The van der Waals surface area contributed by atoms with E-state index in [9.17, 15) is 14.7 Å². The van der Waals surface area contributed by atoms with Crippen LogP contribution in [0.2, 0.25) is 5.02 Å². The highest BCUT2D eigenvalue weighted by Crippen LogP contribution is 2.38. The summed E-state index contributed by atoms with van der Waals surface area (Å²) in [5, 5.41) is 10.1. The van der Waals surface area contributed by atoms with E-state index >= 15 is 0 Å². The van der Waals surface area contributed by atoms with Crippen LogP contribution in [0.5, 0.6) is 0 Å². The molecule has 1 N–H and O–H groups in total. The third-order valence-electron chi connectivity index (χ3n) is 4.15. The number of benzene rings is 1. The number of hydrogen-bond acceptors (Lipinski definition) is 5. The van der Waals surface area contributed by atoms with Gasteiger partial charge in [-0.15, -0.1) is 0 Å². The number of aryl methyl sites for hydroxylation is 1. The zero-order chi connectivity index (χ0) is 21.2. The summed E-state index contributed by atoms with van der Waals surface area (Å²) in [5.74, 6) is -1.73. The van der Waals surface area contributed by atoms with E-state index in [1.807, 2.05) is 20.8 Å². The largest absolute Gasteiger partial charge is 0.477 e. The maximum atomic E-state index is 12.6. The highest BCUT2D eigenvalue weighted by Gasteiger charge is 2.34. The van der Waals surface area contributed by atoms with Gasteiger partial charge < -0.3 is 14.6 Å². The minimum atomic E-state index is -1.14. The summed E-state index contributed by atoms with van der Waals surface area (Å²) in [6.07, 6.45) is -1.07. The van der Waals surface area contributed by atoms with E-state index in [1.165, 1.54) is 7.11 Å². The van der Waals surface area contributed by atoms with Gasteiger partial charge in [-0.3, -0.25) is 0 Å². The Balaban J connectivity index is 2.87. The number of carbonyl (C=O) groups is 2. The van der Waals surface area contributed by atoms with Gasteiger partial charge in [0.1, 0.15) is 0 Å². The van der Waals surface area contributed by atoms with Crippen LogP contribution in [-0.4, -0.2) is 34.7 Å². The fourth-order valence-corrected chi connectivity index (χ4v) is 3.14. The maximum absolute atomic E-state index is 12.6. The Bertz CT molecular complexity index is 900. The first-order chi connectivity index (χ1) is 13.0. The second-order valence-electron chi connectivity index (χ2n) is 7.40. The average molecular weight is 406 g/mol. The first-order valence-electron chi connectivity index (χ1n) is 8.72. The first kappa shape index (κ1) is 21.9. The van der Waals surface area contributed by atoms with E-state index < -0.39 is 23.6 Å². The van der Waals surface area contributed by atoms with Crippen molar-refractivity contribution in [3.8, 4) is 11.1 Å². The van der Waals surface area contributed by atoms with Crippen molar-refractivity contribution in [2.75, 3.05) is 7.11 Å². The van der Waals surface area contributed by atoms with Gasteiger partial charge in [-0.2, -0.15) is 0 Å². The summed E-state index contributed by atoms with van der Waals surface area (Å²) >= 11 is 6.01. The zero-order valence-electron chi connectivity index (χ0n) is 16.8. The molecule has 0 aliphatic carbocycles. The Labute approximate surface area is 169 Å². The Morgan fingerprint density at radius 1 is 1.14 bits per heavy atom. The minimum absolute atomic E-state index is 0.0782. The van der Waals surface area contributed by atoms with Crippen LogP contribution in [-0.2, 0) is 14.3 Å². The Kier molecular flexibility index (Phi) is 6.47. The number of methoxy groups -OCH3 is 1. The van der Waals surface area contributed by atoms with Gasteiger partial charge in [-0.25, -0.2) is 14.6 Å². The van der Waals surface area contributed by atoms with Gasteiger partial charge in [0.15, 0.2) is 11.8 Å². The molecule has 1 atom stereocenters. The van der Waals surface area contributed by atoms with E-state index in [-0.39, 0.29) is 5.69 Å². The highest BCUT2D eigenvalue weighted by atomic mass is 35.5. The normalized spacial score (nSPS) is 12.5. The Hall–Kier alpha value is -2.44. The molecule has 0 aliphatic rings. The SMILES string of the molecule is COC(=O)C(OC(C)(C)C)c1c(C)nc(C(=O)O)c(C)c1-c1ccc(Cl)cc1. The number of ether oxygens (including phenoxy) is 2. The van der Waals surface area contributed by atoms with Crippen molar-refractivity contribution in [1.29, 1.82) is 0 Å². The Morgan fingerprint density at radius 3 is 2.18 bits per heavy atom. The number of pyridine rings is 1. The van der Waals surface area contributed by atoms with Gasteiger partial charge in [0.25, 0.3) is 0 Å². The molecule has 0 fully saturated rings. The zero-order valence-corrected chi connectivity index (χ0v) is 17.5. The lowest BCUT2D eigenvalue weighted by Crippen LogP contribution is -2.29. The molecule has 7 heteroatoms. The number of aromatic carboxylic acids is 1. The van der Waals surface area contributed by atoms with Gasteiger partial charge >= 0.3 is 11.9 Å². The number of esters is 1. The molecule has 2 aromatic rings. The number of carbonyl (C=O) groups excluding carboxylic acids is 1. The van der Waals surface area contributed by atoms with Crippen LogP contribution in [0.25, 0.3) is 11.1 Å². The van der Waals surface area contributed by atoms with Crippen LogP contribution in [0.15, 0.2) is 24.3 Å². The molecule has 1 aromatic heterocycles. The quantitative estimate of drug-likeness (QED) is 0.722. The van der Waals surface area contributed by atoms with Crippen molar-refractivity contribution in [2.24, 2.45) is 0 Å². The molecule has 6 nitrogen and oxygen atoms in total. The average Bonchev–Trinajstić information content (AvgIpc) is 2.60. The van der Waals surface area contributed by atoms with Crippen LogP contribution >= 0.6 is 11.6 Å². The number of rotatable bonds is 5. The molecule has 150 valence electrons. The summed E-state index contributed by atoms with van der Waals surface area (Å²) in [7, 11) is 1.28. The van der Waals surface area contributed by atoms with E-state index in [4.69, 9.17) is 21.1 Å². The number of hydrogen-bond donors (Lipinski definition) is 1. The fraction of sp³-hybridized carbons (Fsp3) is 0.381. The molecule has 0 saturated heterocycles. The highest BCUT2D eigenvalue weighted by molar-refractivity contribution is 6.30. The van der Waals surface area contributed by atoms with Crippen molar-refractivity contribution >= 4 is 23.5 Å². The Morgan fingerprint density at radius 2 is 1.71 bits per heavy atom. The van der Waals surface area contributed by atoms with E-state index in [0.717, 1.165) is 0 Å². The molecular weight excluding hydrogens is 382 g/mol. The molecule has 1 unspecified atom stereocenters. The van der Waals surface area contributed by atoms with Crippen LogP contribution in [0, 0.1) is 13.8 Å². The van der Waals surface area contributed by atoms with Crippen molar-refractivity contribution < 1.29 is 24.2 Å². The summed E-state index contributed by atoms with van der Waals surface area (Å²) in [6.45, 7) is 8.79. The molecule has 0 spiro atoms. The third-order valence-corrected chi connectivity index (χ3v) is 4.41. The molecule has 0 amide bonds. The van der Waals surface area contributed by atoms with Gasteiger partial charge in [0.2, 0.25) is 0 Å². The summed E-state index contributed by atoms with van der Waals surface area (Å²) < 4.78 is 11.0. The van der Waals surface area contributed by atoms with Crippen molar-refractivity contribution in [3.05, 3.63) is 51.8 Å². The van der Waals surface area contributed by atoms with Gasteiger partial charge in [0, 0.05) is 16.3 Å². The van der Waals surface area contributed by atoms with E-state index in [1.54, 1.807) is 38.1 Å². The van der Waals surface area contributed by atoms with Crippen LogP contribution in [0.3, 0.4) is 0 Å². The smallest absolute Gasteiger partial charge is 0.354 e. The van der Waals surface area contributed by atoms with Gasteiger partial charge in [-0.1, -0.05) is 23.7 Å². The number of carboxylic acids is 1. The summed E-state index contributed by atoms with van der Waals surface area (Å²) in [4.78, 5) is 28.5. The lowest BCUT2D eigenvalue weighted by molar-refractivity contribution is -0.164. The number of halogens is 1. The molecule has 28 heavy (non-hydrogen) atoms. The molecular formula is C21H24ClNO5.